The summed E-state index contributed by atoms with van der Waals surface area (Å²) in [5.41, 5.74) is 6.90. The minimum atomic E-state index is -0.755. The van der Waals surface area contributed by atoms with Gasteiger partial charge in [0.2, 0.25) is 5.95 Å². The fourth-order valence-corrected chi connectivity index (χ4v) is 1.28. The first kappa shape index (κ1) is 10.6. The van der Waals surface area contributed by atoms with Crippen LogP contribution in [0.15, 0.2) is 30.6 Å². The van der Waals surface area contributed by atoms with E-state index < -0.39 is 5.95 Å². The van der Waals surface area contributed by atoms with Crippen LogP contribution in [0.2, 0.25) is 5.02 Å². The van der Waals surface area contributed by atoms with Crippen LogP contribution in [0.1, 0.15) is 0 Å². The summed E-state index contributed by atoms with van der Waals surface area (Å²) in [5, 5.41) is 2.72. The van der Waals surface area contributed by atoms with E-state index in [2.05, 4.69) is 15.3 Å². The molecule has 4 nitrogen and oxygen atoms in total. The summed E-state index contributed by atoms with van der Waals surface area (Å²) in [6, 6.07) is 6.92. The van der Waals surface area contributed by atoms with Crippen molar-refractivity contribution in [3.8, 4) is 0 Å². The highest BCUT2D eigenvalue weighted by Gasteiger charge is 2.08. The van der Waals surface area contributed by atoms with Gasteiger partial charge in [0.05, 0.1) is 0 Å². The molecule has 0 bridgehead atoms. The molecule has 0 spiro atoms. The molecule has 6 heteroatoms. The van der Waals surface area contributed by atoms with Crippen LogP contribution in [0.25, 0.3) is 0 Å². The molecule has 82 valence electrons. The molecule has 1 aromatic carbocycles. The second-order valence-electron chi connectivity index (χ2n) is 3.07. The quantitative estimate of drug-likeness (QED) is 0.624. The number of anilines is 3. The van der Waals surface area contributed by atoms with E-state index >= 15 is 0 Å². The van der Waals surface area contributed by atoms with Crippen LogP contribution in [0, 0.1) is 5.95 Å². The Balaban J connectivity index is 2.27. The van der Waals surface area contributed by atoms with Gasteiger partial charge in [-0.1, -0.05) is 11.6 Å². The number of hydrogen-bond donors (Lipinski definition) is 2. The second-order valence-corrected chi connectivity index (χ2v) is 3.45. The van der Waals surface area contributed by atoms with Crippen LogP contribution in [-0.2, 0) is 0 Å². The van der Waals surface area contributed by atoms with E-state index in [0.29, 0.717) is 11.4 Å². The van der Waals surface area contributed by atoms with E-state index in [1.54, 1.807) is 24.3 Å². The molecule has 0 amide bonds. The number of nitrogens with two attached hydrogens (primary N) is 1. The summed E-state index contributed by atoms with van der Waals surface area (Å²) in [7, 11) is 0. The Labute approximate surface area is 96.3 Å². The minimum absolute atomic E-state index is 0.140. The van der Waals surface area contributed by atoms with Gasteiger partial charge in [0, 0.05) is 11.4 Å². The Bertz CT molecular complexity index is 501. The van der Waals surface area contributed by atoms with E-state index in [1.807, 2.05) is 0 Å². The molecule has 2 rings (SSSR count). The highest BCUT2D eigenvalue weighted by molar-refractivity contribution is 6.33. The zero-order chi connectivity index (χ0) is 11.5. The van der Waals surface area contributed by atoms with Gasteiger partial charge in [-0.05, 0) is 24.3 Å². The lowest BCUT2D eigenvalue weighted by Crippen LogP contribution is -1.98. The Morgan fingerprint density at radius 1 is 1.19 bits per heavy atom. The standard InChI is InChI=1S/C10H8ClFN4/c11-8-9(12)14-5-15-10(8)16-7-3-1-6(13)2-4-7/h1-5H,13H2,(H,14,15,16). The second kappa shape index (κ2) is 4.32. The van der Waals surface area contributed by atoms with Gasteiger partial charge in [0.15, 0.2) is 5.82 Å². The SMILES string of the molecule is Nc1ccc(Nc2ncnc(F)c2Cl)cc1. The summed E-state index contributed by atoms with van der Waals surface area (Å²) in [5.74, 6) is -0.534. The molecule has 0 saturated carbocycles. The zero-order valence-electron chi connectivity index (χ0n) is 8.11. The molecular weight excluding hydrogens is 231 g/mol. The van der Waals surface area contributed by atoms with Gasteiger partial charge >= 0.3 is 0 Å². The average Bonchev–Trinajstić information content (AvgIpc) is 2.28. The maximum Gasteiger partial charge on any atom is 0.236 e. The highest BCUT2D eigenvalue weighted by Crippen LogP contribution is 2.24. The lowest BCUT2D eigenvalue weighted by molar-refractivity contribution is 0.581. The molecule has 16 heavy (non-hydrogen) atoms. The Kier molecular flexibility index (Phi) is 2.87. The third-order valence-electron chi connectivity index (χ3n) is 1.92. The molecule has 0 aliphatic carbocycles. The van der Waals surface area contributed by atoms with Crippen LogP contribution in [-0.4, -0.2) is 9.97 Å². The summed E-state index contributed by atoms with van der Waals surface area (Å²) < 4.78 is 13.0. The predicted octanol–water partition coefficient (Wildman–Crippen LogP) is 2.59. The largest absolute Gasteiger partial charge is 0.399 e. The van der Waals surface area contributed by atoms with Gasteiger partial charge < -0.3 is 11.1 Å². The first-order valence-electron chi connectivity index (χ1n) is 4.45. The van der Waals surface area contributed by atoms with Crippen molar-refractivity contribution in [2.24, 2.45) is 0 Å². The third-order valence-corrected chi connectivity index (χ3v) is 2.26. The average molecular weight is 239 g/mol. The summed E-state index contributed by atoms with van der Waals surface area (Å²) in [6.45, 7) is 0. The van der Waals surface area contributed by atoms with Crippen molar-refractivity contribution < 1.29 is 4.39 Å². The third kappa shape index (κ3) is 2.20. The van der Waals surface area contributed by atoms with Gasteiger partial charge in [0.1, 0.15) is 11.3 Å². The molecule has 0 unspecified atom stereocenters. The lowest BCUT2D eigenvalue weighted by atomic mass is 10.3. The van der Waals surface area contributed by atoms with Gasteiger partial charge in [0.25, 0.3) is 0 Å². The van der Waals surface area contributed by atoms with E-state index in [0.717, 1.165) is 6.33 Å². The van der Waals surface area contributed by atoms with Gasteiger partial charge in [-0.2, -0.15) is 4.39 Å². The van der Waals surface area contributed by atoms with Crippen molar-refractivity contribution in [2.75, 3.05) is 11.1 Å². The van der Waals surface area contributed by atoms with E-state index in [9.17, 15) is 4.39 Å². The lowest BCUT2D eigenvalue weighted by Gasteiger charge is -2.06. The molecule has 2 aromatic rings. The topological polar surface area (TPSA) is 63.8 Å². The smallest absolute Gasteiger partial charge is 0.236 e. The molecule has 1 aromatic heterocycles. The van der Waals surface area contributed by atoms with Crippen LogP contribution in [0.5, 0.6) is 0 Å². The molecule has 0 saturated heterocycles. The number of halogens is 2. The van der Waals surface area contributed by atoms with Crippen LogP contribution >= 0.6 is 11.6 Å². The Morgan fingerprint density at radius 2 is 1.88 bits per heavy atom. The molecular formula is C10H8ClFN4. The maximum absolute atomic E-state index is 13.0. The number of rotatable bonds is 2. The molecule has 0 radical (unpaired) electrons. The Hall–Kier alpha value is -1.88. The molecule has 0 atom stereocenters. The number of nitrogens with one attached hydrogen (secondary N) is 1. The van der Waals surface area contributed by atoms with E-state index in [1.165, 1.54) is 0 Å². The number of hydrogen-bond acceptors (Lipinski definition) is 4. The maximum atomic E-state index is 13.0. The van der Waals surface area contributed by atoms with Crippen molar-refractivity contribution in [1.29, 1.82) is 0 Å². The zero-order valence-corrected chi connectivity index (χ0v) is 8.87. The monoisotopic (exact) mass is 238 g/mol. The van der Waals surface area contributed by atoms with Gasteiger partial charge in [-0.25, -0.2) is 9.97 Å². The molecule has 0 aliphatic heterocycles. The van der Waals surface area contributed by atoms with Crippen LogP contribution in [0.3, 0.4) is 0 Å². The fourth-order valence-electron chi connectivity index (χ4n) is 1.14. The summed E-state index contributed by atoms with van der Waals surface area (Å²) in [6.07, 6.45) is 1.10. The van der Waals surface area contributed by atoms with Gasteiger partial charge in [-0.3, -0.25) is 0 Å². The summed E-state index contributed by atoms with van der Waals surface area (Å²) >= 11 is 5.69. The van der Waals surface area contributed by atoms with Crippen molar-refractivity contribution in [3.05, 3.63) is 41.6 Å². The van der Waals surface area contributed by atoms with Crippen molar-refractivity contribution >= 4 is 28.8 Å². The van der Waals surface area contributed by atoms with Gasteiger partial charge in [-0.15, -0.1) is 0 Å². The number of nitrogens with zero attached hydrogens (tertiary/aromatic N) is 2. The van der Waals surface area contributed by atoms with E-state index in [4.69, 9.17) is 17.3 Å². The highest BCUT2D eigenvalue weighted by atomic mass is 35.5. The molecule has 0 fully saturated rings. The molecule has 1 heterocycles. The Morgan fingerprint density at radius 3 is 2.56 bits per heavy atom. The van der Waals surface area contributed by atoms with E-state index in [-0.39, 0.29) is 10.8 Å². The summed E-state index contributed by atoms with van der Waals surface area (Å²) in [4.78, 5) is 7.16. The minimum Gasteiger partial charge on any atom is -0.399 e. The van der Waals surface area contributed by atoms with Crippen molar-refractivity contribution in [3.63, 3.8) is 0 Å². The van der Waals surface area contributed by atoms with Crippen LogP contribution in [0.4, 0.5) is 21.6 Å². The fraction of sp³-hybridized carbons (Fsp3) is 0. The number of benzene rings is 1. The van der Waals surface area contributed by atoms with Crippen molar-refractivity contribution in [1.82, 2.24) is 9.97 Å². The first-order valence-corrected chi connectivity index (χ1v) is 4.83. The van der Waals surface area contributed by atoms with Crippen molar-refractivity contribution in [2.45, 2.75) is 0 Å². The normalized spacial score (nSPS) is 10.1. The first-order chi connectivity index (χ1) is 7.66. The molecule has 0 aliphatic rings. The van der Waals surface area contributed by atoms with Crippen LogP contribution < -0.4 is 11.1 Å². The predicted molar refractivity (Wildman–Crippen MR) is 61.1 cm³/mol. The molecule has 3 N–H and O–H groups in total. The number of nitrogen functional groups attached to an aromatic ring is 1. The number of aromatic nitrogens is 2.